The number of carboxylic acid groups (broad SMARTS) is 1. The third kappa shape index (κ3) is 4.70. The van der Waals surface area contributed by atoms with Crippen LogP contribution in [-0.4, -0.2) is 46.1 Å². The molecular weight excluding hydrogens is 345 g/mol. The Kier molecular flexibility index (Phi) is 5.91. The highest BCUT2D eigenvalue weighted by Gasteiger charge is 2.29. The Morgan fingerprint density at radius 2 is 2.12 bits per heavy atom. The maximum atomic E-state index is 13.2. The fraction of sp³-hybridized carbons (Fsp3) is 0.556. The average molecular weight is 368 g/mol. The molecule has 1 saturated heterocycles. The highest BCUT2D eigenvalue weighted by molar-refractivity contribution is 6.33. The Hall–Kier alpha value is -1.66. The maximum absolute atomic E-state index is 13.2. The number of likely N-dealkylation sites (tertiary alicyclic amines) is 1. The molecule has 2 N–H and O–H groups in total. The van der Waals surface area contributed by atoms with Crippen LogP contribution >= 0.6 is 11.6 Å². The number of aliphatic carboxylic acids is 1. The van der Waals surface area contributed by atoms with E-state index < -0.39 is 11.8 Å². The van der Waals surface area contributed by atoms with E-state index in [0.29, 0.717) is 28.5 Å². The molecule has 0 bridgehead atoms. The van der Waals surface area contributed by atoms with Crippen LogP contribution in [0.15, 0.2) is 18.1 Å². The Labute approximate surface area is 151 Å². The summed E-state index contributed by atoms with van der Waals surface area (Å²) in [5.74, 6) is -2.28. The van der Waals surface area contributed by atoms with E-state index >= 15 is 0 Å². The molecule has 2 heterocycles. The number of hydrogen-bond acceptors (Lipinski definition) is 4. The number of nitrogens with one attached hydrogen (secondary N) is 1. The lowest BCUT2D eigenvalue weighted by molar-refractivity contribution is -0.134. The first-order valence-corrected chi connectivity index (χ1v) is 9.17. The van der Waals surface area contributed by atoms with Gasteiger partial charge in [0, 0.05) is 31.4 Å². The minimum absolute atomic E-state index is 0.295. The number of carboxylic acids is 1. The summed E-state index contributed by atoms with van der Waals surface area (Å²) in [5.41, 5.74) is 0.325. The van der Waals surface area contributed by atoms with Gasteiger partial charge in [0.15, 0.2) is 0 Å². The molecule has 0 aromatic carbocycles. The van der Waals surface area contributed by atoms with Crippen molar-refractivity contribution in [3.05, 3.63) is 28.7 Å². The van der Waals surface area contributed by atoms with E-state index in [9.17, 15) is 9.18 Å². The molecule has 3 rings (SSSR count). The van der Waals surface area contributed by atoms with Gasteiger partial charge in [0.2, 0.25) is 5.83 Å². The molecule has 136 valence electrons. The van der Waals surface area contributed by atoms with Gasteiger partial charge in [-0.05, 0) is 37.0 Å². The molecule has 0 radical (unpaired) electrons. The first kappa shape index (κ1) is 18.1. The highest BCUT2D eigenvalue weighted by Crippen LogP contribution is 2.28. The van der Waals surface area contributed by atoms with Gasteiger partial charge >= 0.3 is 5.97 Å². The Bertz CT molecular complexity index is 662. The molecule has 1 aliphatic heterocycles. The number of nitrogens with zero attached hydrogens (tertiary/aromatic N) is 2. The predicted molar refractivity (Wildman–Crippen MR) is 96.4 cm³/mol. The van der Waals surface area contributed by atoms with Gasteiger partial charge in [0.05, 0.1) is 5.02 Å². The first-order chi connectivity index (χ1) is 12.0. The molecule has 2 aliphatic rings. The van der Waals surface area contributed by atoms with Gasteiger partial charge in [-0.15, -0.1) is 0 Å². The number of anilines is 1. The predicted octanol–water partition coefficient (Wildman–Crippen LogP) is 3.95. The van der Waals surface area contributed by atoms with Gasteiger partial charge in [-0.25, -0.2) is 9.78 Å². The smallest absolute Gasteiger partial charge is 0.364 e. The molecule has 0 spiro atoms. The van der Waals surface area contributed by atoms with E-state index in [1.807, 2.05) is 0 Å². The second-order valence-corrected chi connectivity index (χ2v) is 7.22. The lowest BCUT2D eigenvalue weighted by atomic mass is 9.94. The Morgan fingerprint density at radius 1 is 1.36 bits per heavy atom. The Balaban J connectivity index is 1.60. The molecular formula is C18H23ClFN3O2. The normalized spacial score (nSPS) is 23.0. The number of pyridine rings is 1. The van der Waals surface area contributed by atoms with Gasteiger partial charge in [0.25, 0.3) is 0 Å². The van der Waals surface area contributed by atoms with Crippen LogP contribution in [0.5, 0.6) is 0 Å². The summed E-state index contributed by atoms with van der Waals surface area (Å²) in [6, 6.07) is 2.52. The number of rotatable bonds is 5. The lowest BCUT2D eigenvalue weighted by Crippen LogP contribution is -2.36. The molecule has 0 amide bonds. The van der Waals surface area contributed by atoms with Crippen LogP contribution in [0.3, 0.4) is 0 Å². The molecule has 25 heavy (non-hydrogen) atoms. The van der Waals surface area contributed by atoms with Gasteiger partial charge in [-0.3, -0.25) is 4.90 Å². The van der Waals surface area contributed by atoms with Crippen molar-refractivity contribution in [3.8, 4) is 0 Å². The molecule has 1 atom stereocenters. The number of hydrogen-bond donors (Lipinski definition) is 2. The zero-order valence-corrected chi connectivity index (χ0v) is 14.8. The SMILES string of the molecule is O=C(O)/C(F)=C/c1cnc(N[C@@H]2CCN(C3CCCCC3)C2)c(Cl)c1. The van der Waals surface area contributed by atoms with Crippen molar-refractivity contribution >= 4 is 29.5 Å². The van der Waals surface area contributed by atoms with Gasteiger partial charge in [-0.1, -0.05) is 30.9 Å². The maximum Gasteiger partial charge on any atom is 0.364 e. The number of halogens is 2. The summed E-state index contributed by atoms with van der Waals surface area (Å²) in [7, 11) is 0. The van der Waals surface area contributed by atoms with E-state index in [4.69, 9.17) is 16.7 Å². The topological polar surface area (TPSA) is 65.5 Å². The monoisotopic (exact) mass is 367 g/mol. The van der Waals surface area contributed by atoms with Crippen molar-refractivity contribution in [1.82, 2.24) is 9.88 Å². The summed E-state index contributed by atoms with van der Waals surface area (Å²) >= 11 is 6.22. The molecule has 5 nitrogen and oxygen atoms in total. The average Bonchev–Trinajstić information content (AvgIpc) is 3.06. The number of carbonyl (C=O) groups is 1. The van der Waals surface area contributed by atoms with Gasteiger partial charge in [0.1, 0.15) is 5.82 Å². The third-order valence-corrected chi connectivity index (χ3v) is 5.30. The van der Waals surface area contributed by atoms with E-state index in [1.54, 1.807) is 0 Å². The van der Waals surface area contributed by atoms with Gasteiger partial charge < -0.3 is 10.4 Å². The van der Waals surface area contributed by atoms with Crippen molar-refractivity contribution in [2.24, 2.45) is 0 Å². The van der Waals surface area contributed by atoms with E-state index in [1.165, 1.54) is 44.4 Å². The molecule has 1 aliphatic carbocycles. The lowest BCUT2D eigenvalue weighted by Gasteiger charge is -2.31. The van der Waals surface area contributed by atoms with Crippen LogP contribution in [0, 0.1) is 0 Å². The second-order valence-electron chi connectivity index (χ2n) is 6.81. The first-order valence-electron chi connectivity index (χ1n) is 8.79. The second kappa shape index (κ2) is 8.15. The third-order valence-electron chi connectivity index (χ3n) is 5.01. The van der Waals surface area contributed by atoms with E-state index in [-0.39, 0.29) is 0 Å². The molecule has 1 saturated carbocycles. The summed E-state index contributed by atoms with van der Waals surface area (Å²) in [4.78, 5) is 17.3. The van der Waals surface area contributed by atoms with Crippen LogP contribution < -0.4 is 5.32 Å². The van der Waals surface area contributed by atoms with Crippen molar-refractivity contribution in [1.29, 1.82) is 0 Å². The van der Waals surface area contributed by atoms with Crippen molar-refractivity contribution in [2.45, 2.75) is 50.6 Å². The number of aromatic nitrogens is 1. The van der Waals surface area contributed by atoms with Crippen LogP contribution in [0.2, 0.25) is 5.02 Å². The van der Waals surface area contributed by atoms with Crippen LogP contribution in [0.1, 0.15) is 44.1 Å². The standard InChI is InChI=1S/C18H23ClFN3O2/c19-15-8-12(9-16(20)18(24)25)10-21-17(15)22-13-6-7-23(11-13)14-4-2-1-3-5-14/h8-10,13-14H,1-7,11H2,(H,21,22)(H,24,25)/b16-9-/t13-/m1/s1. The summed E-state index contributed by atoms with van der Waals surface area (Å²) in [6.45, 7) is 2.07. The van der Waals surface area contributed by atoms with E-state index in [0.717, 1.165) is 25.6 Å². The minimum Gasteiger partial charge on any atom is -0.476 e. The molecule has 0 unspecified atom stereocenters. The van der Waals surface area contributed by atoms with Crippen molar-refractivity contribution < 1.29 is 14.3 Å². The molecule has 7 heteroatoms. The summed E-state index contributed by atoms with van der Waals surface area (Å²) in [6.07, 6.45) is 9.97. The molecule has 1 aromatic heterocycles. The molecule has 2 fully saturated rings. The van der Waals surface area contributed by atoms with Crippen LogP contribution in [0.25, 0.3) is 6.08 Å². The summed E-state index contributed by atoms with van der Waals surface area (Å²) in [5, 5.41) is 12.3. The fourth-order valence-corrected chi connectivity index (χ4v) is 3.95. The largest absolute Gasteiger partial charge is 0.476 e. The fourth-order valence-electron chi connectivity index (χ4n) is 3.72. The van der Waals surface area contributed by atoms with E-state index in [2.05, 4.69) is 15.2 Å². The quantitative estimate of drug-likeness (QED) is 0.771. The van der Waals surface area contributed by atoms with Crippen molar-refractivity contribution in [3.63, 3.8) is 0 Å². The Morgan fingerprint density at radius 3 is 2.80 bits per heavy atom. The zero-order valence-electron chi connectivity index (χ0n) is 14.0. The van der Waals surface area contributed by atoms with Crippen molar-refractivity contribution in [2.75, 3.05) is 18.4 Å². The van der Waals surface area contributed by atoms with Crippen LogP contribution in [0.4, 0.5) is 10.2 Å². The highest BCUT2D eigenvalue weighted by atomic mass is 35.5. The summed E-state index contributed by atoms with van der Waals surface area (Å²) < 4.78 is 13.2. The zero-order chi connectivity index (χ0) is 17.8. The molecule has 1 aromatic rings. The minimum atomic E-state index is -1.60. The van der Waals surface area contributed by atoms with Gasteiger partial charge in [-0.2, -0.15) is 4.39 Å². The van der Waals surface area contributed by atoms with Crippen LogP contribution in [-0.2, 0) is 4.79 Å².